The Kier molecular flexibility index (Phi) is 5.11. The zero-order valence-corrected chi connectivity index (χ0v) is 11.4. The van der Waals surface area contributed by atoms with E-state index in [1.54, 1.807) is 0 Å². The highest BCUT2D eigenvalue weighted by atomic mass is 16.5. The number of nitrogens with one attached hydrogen (secondary N) is 1. The highest BCUT2D eigenvalue weighted by molar-refractivity contribution is 5.21. The summed E-state index contributed by atoms with van der Waals surface area (Å²) < 4.78 is 5.76. The number of aromatic nitrogens is 1. The minimum absolute atomic E-state index is 0.320. The summed E-state index contributed by atoms with van der Waals surface area (Å²) in [6.07, 6.45) is 4.08. The van der Waals surface area contributed by atoms with E-state index < -0.39 is 0 Å². The first-order chi connectivity index (χ1) is 8.79. The minimum Gasteiger partial charge on any atom is -0.374 e. The second-order valence-electron chi connectivity index (χ2n) is 4.82. The topological polar surface area (TPSA) is 37.4 Å². The Morgan fingerprint density at radius 3 is 3.22 bits per heavy atom. The largest absolute Gasteiger partial charge is 0.374 e. The van der Waals surface area contributed by atoms with Gasteiger partial charge in [0.2, 0.25) is 0 Å². The van der Waals surface area contributed by atoms with Crippen LogP contribution in [0.25, 0.3) is 0 Å². The SMILES string of the molecule is CCN1CCOC(CNCc2ccncc2C)C1. The van der Waals surface area contributed by atoms with Gasteiger partial charge in [-0.3, -0.25) is 9.88 Å². The molecule has 4 nitrogen and oxygen atoms in total. The summed E-state index contributed by atoms with van der Waals surface area (Å²) in [7, 11) is 0. The third-order valence-corrected chi connectivity index (χ3v) is 3.49. The lowest BCUT2D eigenvalue weighted by atomic mass is 10.1. The lowest BCUT2D eigenvalue weighted by Gasteiger charge is -2.32. The van der Waals surface area contributed by atoms with Crippen molar-refractivity contribution in [2.24, 2.45) is 0 Å². The monoisotopic (exact) mass is 249 g/mol. The van der Waals surface area contributed by atoms with Crippen LogP contribution in [0.3, 0.4) is 0 Å². The summed E-state index contributed by atoms with van der Waals surface area (Å²) in [5, 5.41) is 3.48. The molecule has 1 aliphatic heterocycles. The molecule has 0 spiro atoms. The lowest BCUT2D eigenvalue weighted by molar-refractivity contribution is -0.0253. The van der Waals surface area contributed by atoms with E-state index in [0.29, 0.717) is 6.10 Å². The van der Waals surface area contributed by atoms with Gasteiger partial charge in [-0.1, -0.05) is 6.92 Å². The maximum absolute atomic E-state index is 5.76. The summed E-state index contributed by atoms with van der Waals surface area (Å²) in [6.45, 7) is 10.2. The molecule has 0 amide bonds. The highest BCUT2D eigenvalue weighted by Gasteiger charge is 2.18. The maximum Gasteiger partial charge on any atom is 0.0826 e. The van der Waals surface area contributed by atoms with Crippen LogP contribution in [-0.2, 0) is 11.3 Å². The van der Waals surface area contributed by atoms with Crippen molar-refractivity contribution in [3.05, 3.63) is 29.6 Å². The molecule has 100 valence electrons. The van der Waals surface area contributed by atoms with E-state index in [4.69, 9.17) is 4.74 Å². The smallest absolute Gasteiger partial charge is 0.0826 e. The van der Waals surface area contributed by atoms with Crippen LogP contribution in [0.15, 0.2) is 18.5 Å². The van der Waals surface area contributed by atoms with E-state index in [9.17, 15) is 0 Å². The molecular weight excluding hydrogens is 226 g/mol. The Morgan fingerprint density at radius 2 is 2.44 bits per heavy atom. The van der Waals surface area contributed by atoms with Crippen LogP contribution in [0.5, 0.6) is 0 Å². The van der Waals surface area contributed by atoms with Gasteiger partial charge in [0.1, 0.15) is 0 Å². The number of aryl methyl sites for hydroxylation is 1. The van der Waals surface area contributed by atoms with Gasteiger partial charge in [-0.2, -0.15) is 0 Å². The van der Waals surface area contributed by atoms with Gasteiger partial charge in [-0.25, -0.2) is 0 Å². The maximum atomic E-state index is 5.76. The summed E-state index contributed by atoms with van der Waals surface area (Å²) in [5.74, 6) is 0. The normalized spacial score (nSPS) is 21.1. The Balaban J connectivity index is 1.73. The quantitative estimate of drug-likeness (QED) is 0.851. The highest BCUT2D eigenvalue weighted by Crippen LogP contribution is 2.06. The molecule has 0 bridgehead atoms. The van der Waals surface area contributed by atoms with Gasteiger partial charge in [0.25, 0.3) is 0 Å². The first kappa shape index (κ1) is 13.5. The number of morpholine rings is 1. The van der Waals surface area contributed by atoms with Gasteiger partial charge in [0.05, 0.1) is 12.7 Å². The Hall–Kier alpha value is -0.970. The lowest BCUT2D eigenvalue weighted by Crippen LogP contribution is -2.46. The van der Waals surface area contributed by atoms with Gasteiger partial charge >= 0.3 is 0 Å². The fraction of sp³-hybridized carbons (Fsp3) is 0.643. The molecular formula is C14H23N3O. The summed E-state index contributed by atoms with van der Waals surface area (Å²) in [4.78, 5) is 6.54. The molecule has 1 aromatic rings. The number of hydrogen-bond donors (Lipinski definition) is 1. The van der Waals surface area contributed by atoms with Gasteiger partial charge in [-0.15, -0.1) is 0 Å². The Morgan fingerprint density at radius 1 is 1.56 bits per heavy atom. The molecule has 1 fully saturated rings. The summed E-state index contributed by atoms with van der Waals surface area (Å²) >= 11 is 0. The molecule has 1 aromatic heterocycles. The number of ether oxygens (including phenoxy) is 1. The molecule has 0 aromatic carbocycles. The van der Waals surface area contributed by atoms with Crippen molar-refractivity contribution in [2.75, 3.05) is 32.8 Å². The van der Waals surface area contributed by atoms with E-state index >= 15 is 0 Å². The predicted molar refractivity (Wildman–Crippen MR) is 72.5 cm³/mol. The molecule has 4 heteroatoms. The van der Waals surface area contributed by atoms with Crippen LogP contribution >= 0.6 is 0 Å². The standard InChI is InChI=1S/C14H23N3O/c1-3-17-6-7-18-14(11-17)10-16-9-13-4-5-15-8-12(13)2/h4-5,8,14,16H,3,6-7,9-11H2,1-2H3. The van der Waals surface area contributed by atoms with Gasteiger partial charge in [0, 0.05) is 38.6 Å². The van der Waals surface area contributed by atoms with E-state index in [1.165, 1.54) is 11.1 Å². The van der Waals surface area contributed by atoms with Crippen LogP contribution in [0.2, 0.25) is 0 Å². The molecule has 0 aliphatic carbocycles. The number of nitrogens with zero attached hydrogens (tertiary/aromatic N) is 2. The van der Waals surface area contributed by atoms with E-state index in [1.807, 2.05) is 12.4 Å². The average molecular weight is 249 g/mol. The van der Waals surface area contributed by atoms with Crippen molar-refractivity contribution >= 4 is 0 Å². The fourth-order valence-corrected chi connectivity index (χ4v) is 2.26. The zero-order valence-electron chi connectivity index (χ0n) is 11.4. The molecule has 2 heterocycles. The predicted octanol–water partition coefficient (Wildman–Crippen LogP) is 1.20. The third-order valence-electron chi connectivity index (χ3n) is 3.49. The van der Waals surface area contributed by atoms with E-state index in [-0.39, 0.29) is 0 Å². The minimum atomic E-state index is 0.320. The first-order valence-corrected chi connectivity index (χ1v) is 6.73. The van der Waals surface area contributed by atoms with Gasteiger partial charge < -0.3 is 10.1 Å². The second kappa shape index (κ2) is 6.83. The van der Waals surface area contributed by atoms with E-state index in [0.717, 1.165) is 39.3 Å². The van der Waals surface area contributed by atoms with Crippen molar-refractivity contribution in [1.82, 2.24) is 15.2 Å². The Labute approximate surface area is 109 Å². The second-order valence-corrected chi connectivity index (χ2v) is 4.82. The van der Waals surface area contributed by atoms with Crippen LogP contribution in [0.4, 0.5) is 0 Å². The number of hydrogen-bond acceptors (Lipinski definition) is 4. The Bertz CT molecular complexity index is 370. The van der Waals surface area contributed by atoms with E-state index in [2.05, 4.69) is 35.1 Å². The molecule has 1 aliphatic rings. The van der Waals surface area contributed by atoms with Crippen LogP contribution < -0.4 is 5.32 Å². The number of pyridine rings is 1. The summed E-state index contributed by atoms with van der Waals surface area (Å²) in [5.41, 5.74) is 2.55. The molecule has 18 heavy (non-hydrogen) atoms. The molecule has 1 atom stereocenters. The van der Waals surface area contributed by atoms with Crippen molar-refractivity contribution in [2.45, 2.75) is 26.5 Å². The van der Waals surface area contributed by atoms with Crippen LogP contribution in [0, 0.1) is 6.92 Å². The molecule has 0 saturated carbocycles. The molecule has 1 saturated heterocycles. The van der Waals surface area contributed by atoms with Crippen LogP contribution in [0.1, 0.15) is 18.1 Å². The molecule has 0 radical (unpaired) electrons. The number of likely N-dealkylation sites (N-methyl/N-ethyl adjacent to an activating group) is 1. The summed E-state index contributed by atoms with van der Waals surface area (Å²) in [6, 6.07) is 2.07. The third kappa shape index (κ3) is 3.77. The number of rotatable bonds is 5. The van der Waals surface area contributed by atoms with Crippen molar-refractivity contribution in [3.8, 4) is 0 Å². The molecule has 1 unspecified atom stereocenters. The van der Waals surface area contributed by atoms with Crippen molar-refractivity contribution in [1.29, 1.82) is 0 Å². The first-order valence-electron chi connectivity index (χ1n) is 6.73. The van der Waals surface area contributed by atoms with Crippen molar-refractivity contribution in [3.63, 3.8) is 0 Å². The van der Waals surface area contributed by atoms with Crippen molar-refractivity contribution < 1.29 is 4.74 Å². The van der Waals surface area contributed by atoms with Gasteiger partial charge in [-0.05, 0) is 30.7 Å². The van der Waals surface area contributed by atoms with Gasteiger partial charge in [0.15, 0.2) is 0 Å². The average Bonchev–Trinajstić information content (AvgIpc) is 2.41. The molecule has 1 N–H and O–H groups in total. The zero-order chi connectivity index (χ0) is 12.8. The van der Waals surface area contributed by atoms with Crippen LogP contribution in [-0.4, -0.2) is 48.8 Å². The molecule has 2 rings (SSSR count). The fourth-order valence-electron chi connectivity index (χ4n) is 2.26.